The minimum atomic E-state index is 0.0190. The second kappa shape index (κ2) is 8.87. The number of aryl methyl sites for hydroxylation is 2. The van der Waals surface area contributed by atoms with E-state index < -0.39 is 0 Å². The summed E-state index contributed by atoms with van der Waals surface area (Å²) in [6.45, 7) is 1.92. The van der Waals surface area contributed by atoms with Crippen LogP contribution in [-0.4, -0.2) is 32.5 Å². The average molecular weight is 453 g/mol. The lowest BCUT2D eigenvalue weighted by Crippen LogP contribution is -2.14. The second-order valence-corrected chi connectivity index (χ2v) is 8.26. The molecule has 8 heteroatoms. The summed E-state index contributed by atoms with van der Waals surface area (Å²) in [4.78, 5) is 25.4. The summed E-state index contributed by atoms with van der Waals surface area (Å²) in [7, 11) is 3.74. The molecule has 0 saturated heterocycles. The number of aromatic nitrogens is 4. The normalized spacial score (nSPS) is 12.7. The third-order valence-corrected chi connectivity index (χ3v) is 5.71. The van der Waals surface area contributed by atoms with Gasteiger partial charge in [0.15, 0.2) is 0 Å². The lowest BCUT2D eigenvalue weighted by Gasteiger charge is -2.09. The van der Waals surface area contributed by atoms with Crippen molar-refractivity contribution in [2.75, 3.05) is 17.7 Å². The maximum atomic E-state index is 12.2. The van der Waals surface area contributed by atoms with Crippen LogP contribution in [0.25, 0.3) is 10.8 Å². The topological polar surface area (TPSA) is 94.0 Å². The van der Waals surface area contributed by atoms with Gasteiger partial charge in [-0.2, -0.15) is 4.98 Å². The van der Waals surface area contributed by atoms with Crippen molar-refractivity contribution in [2.24, 2.45) is 13.0 Å². The number of pyridine rings is 2. The van der Waals surface area contributed by atoms with Crippen LogP contribution in [0, 0.1) is 24.7 Å². The molecule has 1 saturated carbocycles. The van der Waals surface area contributed by atoms with Crippen molar-refractivity contribution in [3.8, 4) is 23.5 Å². The van der Waals surface area contributed by atoms with Gasteiger partial charge in [-0.15, -0.1) is 0 Å². The van der Waals surface area contributed by atoms with Crippen molar-refractivity contribution in [3.05, 3.63) is 65.9 Å². The summed E-state index contributed by atoms with van der Waals surface area (Å²) in [5.74, 6) is 9.89. The number of nitrogens with one attached hydrogen (secondary N) is 2. The van der Waals surface area contributed by atoms with Gasteiger partial charge in [-0.1, -0.05) is 11.8 Å². The third kappa shape index (κ3) is 4.55. The Morgan fingerprint density at radius 3 is 2.59 bits per heavy atom. The first-order valence-corrected chi connectivity index (χ1v) is 11.1. The molecule has 1 aliphatic carbocycles. The summed E-state index contributed by atoms with van der Waals surface area (Å²) in [6, 6.07) is 9.39. The Bertz CT molecular complexity index is 1420. The number of hydrogen-bond acceptors (Lipinski definition) is 6. The number of amides is 1. The monoisotopic (exact) mass is 452 g/mol. The van der Waals surface area contributed by atoms with Crippen LogP contribution in [0.15, 0.2) is 48.9 Å². The first kappa shape index (κ1) is 21.5. The molecule has 0 radical (unpaired) electrons. The van der Waals surface area contributed by atoms with E-state index in [-0.39, 0.29) is 11.8 Å². The molecular weight excluding hydrogens is 428 g/mol. The van der Waals surface area contributed by atoms with Crippen molar-refractivity contribution < 1.29 is 9.53 Å². The van der Waals surface area contributed by atoms with E-state index in [2.05, 4.69) is 37.4 Å². The molecule has 0 bridgehead atoms. The average Bonchev–Trinajstić information content (AvgIpc) is 3.64. The third-order valence-electron chi connectivity index (χ3n) is 5.71. The zero-order chi connectivity index (χ0) is 23.7. The fourth-order valence-corrected chi connectivity index (χ4v) is 3.52. The number of imidazole rings is 1. The molecule has 0 spiro atoms. The van der Waals surface area contributed by atoms with Gasteiger partial charge in [0.25, 0.3) is 0 Å². The summed E-state index contributed by atoms with van der Waals surface area (Å²) < 4.78 is 7.72. The molecule has 1 aliphatic rings. The Kier molecular flexibility index (Phi) is 5.60. The smallest absolute Gasteiger partial charge is 0.237 e. The summed E-state index contributed by atoms with van der Waals surface area (Å²) >= 11 is 0. The van der Waals surface area contributed by atoms with Gasteiger partial charge in [0.2, 0.25) is 11.8 Å². The van der Waals surface area contributed by atoms with Gasteiger partial charge in [0, 0.05) is 48.7 Å². The van der Waals surface area contributed by atoms with Gasteiger partial charge in [-0.3, -0.25) is 4.79 Å². The van der Waals surface area contributed by atoms with E-state index in [1.54, 1.807) is 12.4 Å². The standard InChI is InChI=1S/C26H24N6O2/c1-16-30-24(15-32(16)3)34-20-10-5-17(6-11-20)4-7-19-13-29-25(27-2)22-14-28-23(12-21(19)22)31-26(33)18-8-9-18/h5-6,10-15,18H,8-9H2,1-3H3,(H,27,29)(H,28,31,33). The van der Waals surface area contributed by atoms with Gasteiger partial charge in [0.05, 0.1) is 11.8 Å². The van der Waals surface area contributed by atoms with Crippen molar-refractivity contribution in [3.63, 3.8) is 0 Å². The predicted molar refractivity (Wildman–Crippen MR) is 131 cm³/mol. The molecule has 4 aromatic rings. The molecule has 1 fully saturated rings. The zero-order valence-electron chi connectivity index (χ0n) is 19.2. The van der Waals surface area contributed by atoms with Crippen LogP contribution in [0.2, 0.25) is 0 Å². The molecule has 0 unspecified atom stereocenters. The SMILES string of the molecule is CNc1ncc(C#Cc2ccc(Oc3cn(C)c(C)n3)cc2)c2cc(NC(=O)C3CC3)ncc12. The van der Waals surface area contributed by atoms with Crippen molar-refractivity contribution in [1.82, 2.24) is 19.5 Å². The molecule has 0 aliphatic heterocycles. The number of hydrogen-bond donors (Lipinski definition) is 2. The highest BCUT2D eigenvalue weighted by Crippen LogP contribution is 2.31. The van der Waals surface area contributed by atoms with Crippen LogP contribution in [0.3, 0.4) is 0 Å². The minimum absolute atomic E-state index is 0.0190. The molecule has 2 N–H and O–H groups in total. The Hall–Kier alpha value is -4.38. The predicted octanol–water partition coefficient (Wildman–Crippen LogP) is 4.25. The minimum Gasteiger partial charge on any atom is -0.438 e. The lowest BCUT2D eigenvalue weighted by molar-refractivity contribution is -0.117. The summed E-state index contributed by atoms with van der Waals surface area (Å²) in [6.07, 6.45) is 7.17. The van der Waals surface area contributed by atoms with Crippen LogP contribution in [-0.2, 0) is 11.8 Å². The number of anilines is 2. The number of ether oxygens (including phenoxy) is 1. The number of rotatable bonds is 5. The fourth-order valence-electron chi connectivity index (χ4n) is 3.52. The van der Waals surface area contributed by atoms with Crippen molar-refractivity contribution >= 4 is 28.3 Å². The number of nitrogens with zero attached hydrogens (tertiary/aromatic N) is 4. The summed E-state index contributed by atoms with van der Waals surface area (Å²) in [5.41, 5.74) is 1.59. The van der Waals surface area contributed by atoms with Crippen molar-refractivity contribution in [2.45, 2.75) is 19.8 Å². The zero-order valence-corrected chi connectivity index (χ0v) is 19.2. The number of fused-ring (bicyclic) bond motifs is 1. The molecule has 8 nitrogen and oxygen atoms in total. The molecule has 3 aromatic heterocycles. The van der Waals surface area contributed by atoms with Crippen molar-refractivity contribution in [1.29, 1.82) is 0 Å². The number of benzene rings is 1. The van der Waals surface area contributed by atoms with Gasteiger partial charge < -0.3 is 19.9 Å². The van der Waals surface area contributed by atoms with Crippen LogP contribution in [0.1, 0.15) is 29.8 Å². The van der Waals surface area contributed by atoms with E-state index in [1.807, 2.05) is 62.1 Å². The van der Waals surface area contributed by atoms with Gasteiger partial charge in [-0.25, -0.2) is 9.97 Å². The van der Waals surface area contributed by atoms with E-state index in [1.165, 1.54) is 0 Å². The lowest BCUT2D eigenvalue weighted by atomic mass is 10.1. The molecule has 1 aromatic carbocycles. The number of carbonyl (C=O) groups excluding carboxylic acids is 1. The van der Waals surface area contributed by atoms with Crippen LogP contribution in [0.5, 0.6) is 11.6 Å². The van der Waals surface area contributed by atoms with E-state index in [0.717, 1.165) is 40.6 Å². The molecular formula is C26H24N6O2. The van der Waals surface area contributed by atoms with E-state index >= 15 is 0 Å². The molecule has 1 amide bonds. The van der Waals surface area contributed by atoms with E-state index in [9.17, 15) is 4.79 Å². The highest BCUT2D eigenvalue weighted by atomic mass is 16.5. The van der Waals surface area contributed by atoms with Crippen LogP contribution < -0.4 is 15.4 Å². The molecule has 5 rings (SSSR count). The van der Waals surface area contributed by atoms with Crippen LogP contribution >= 0.6 is 0 Å². The molecule has 34 heavy (non-hydrogen) atoms. The highest BCUT2D eigenvalue weighted by Gasteiger charge is 2.29. The highest BCUT2D eigenvalue weighted by molar-refractivity contribution is 5.99. The second-order valence-electron chi connectivity index (χ2n) is 8.26. The Labute approximate surface area is 197 Å². The van der Waals surface area contributed by atoms with E-state index in [0.29, 0.717) is 23.3 Å². The number of carbonyl (C=O) groups is 1. The molecule has 3 heterocycles. The first-order valence-electron chi connectivity index (χ1n) is 11.1. The van der Waals surface area contributed by atoms with Crippen LogP contribution in [0.4, 0.5) is 11.6 Å². The first-order chi connectivity index (χ1) is 16.5. The van der Waals surface area contributed by atoms with Gasteiger partial charge in [-0.05, 0) is 50.1 Å². The fraction of sp³-hybridized carbons (Fsp3) is 0.231. The quantitative estimate of drug-likeness (QED) is 0.440. The van der Waals surface area contributed by atoms with E-state index in [4.69, 9.17) is 4.74 Å². The Morgan fingerprint density at radius 2 is 1.91 bits per heavy atom. The maximum Gasteiger partial charge on any atom is 0.237 e. The summed E-state index contributed by atoms with van der Waals surface area (Å²) in [5, 5.41) is 7.70. The largest absolute Gasteiger partial charge is 0.438 e. The molecule has 170 valence electrons. The maximum absolute atomic E-state index is 12.2. The van der Waals surface area contributed by atoms with Gasteiger partial charge >= 0.3 is 0 Å². The van der Waals surface area contributed by atoms with Gasteiger partial charge in [0.1, 0.15) is 23.2 Å². The Balaban J connectivity index is 1.40. The Morgan fingerprint density at radius 1 is 1.12 bits per heavy atom. The molecule has 0 atom stereocenters.